The maximum absolute atomic E-state index is 13.6. The maximum atomic E-state index is 13.6. The quantitative estimate of drug-likeness (QED) is 0.793. The van der Waals surface area contributed by atoms with E-state index in [0.717, 1.165) is 18.1 Å². The average molecular weight is 339 g/mol. The summed E-state index contributed by atoms with van der Waals surface area (Å²) in [6, 6.07) is 11.3. The topological polar surface area (TPSA) is 64.0 Å². The van der Waals surface area contributed by atoms with E-state index < -0.39 is 17.2 Å². The molecule has 0 aliphatic heterocycles. The van der Waals surface area contributed by atoms with E-state index in [4.69, 9.17) is 0 Å². The van der Waals surface area contributed by atoms with Crippen molar-refractivity contribution in [3.8, 4) is 0 Å². The van der Waals surface area contributed by atoms with Gasteiger partial charge in [0.05, 0.1) is 10.9 Å². The summed E-state index contributed by atoms with van der Waals surface area (Å²) in [4.78, 5) is 25.3. The van der Waals surface area contributed by atoms with Gasteiger partial charge >= 0.3 is 0 Å². The highest BCUT2D eigenvalue weighted by atomic mass is 19.1. The molecule has 0 aliphatic carbocycles. The van der Waals surface area contributed by atoms with Crippen molar-refractivity contribution in [2.45, 2.75) is 26.8 Å². The number of hydrogen-bond donors (Lipinski definition) is 1. The SMILES string of the molecule is CCc1ccccc1NC(=O)c1nn(CC)c2ccc(F)cc2c1=O. The van der Waals surface area contributed by atoms with Crippen molar-refractivity contribution in [2.24, 2.45) is 0 Å². The van der Waals surface area contributed by atoms with Crippen LogP contribution in [0.1, 0.15) is 29.9 Å². The molecule has 1 amide bonds. The van der Waals surface area contributed by atoms with E-state index in [1.807, 2.05) is 32.0 Å². The molecule has 1 heterocycles. The number of anilines is 1. The zero-order chi connectivity index (χ0) is 18.0. The zero-order valence-corrected chi connectivity index (χ0v) is 14.0. The predicted octanol–water partition coefficient (Wildman–Crippen LogP) is 3.37. The first-order chi connectivity index (χ1) is 12.0. The number of nitrogens with one attached hydrogen (secondary N) is 1. The summed E-state index contributed by atoms with van der Waals surface area (Å²) >= 11 is 0. The Kier molecular flexibility index (Phi) is 4.61. The van der Waals surface area contributed by atoms with Gasteiger partial charge in [0.1, 0.15) is 5.82 Å². The molecule has 0 radical (unpaired) electrons. The summed E-state index contributed by atoms with van der Waals surface area (Å²) in [5, 5.41) is 7.05. The normalized spacial score (nSPS) is 10.8. The molecule has 0 unspecified atom stereocenters. The summed E-state index contributed by atoms with van der Waals surface area (Å²) in [6.07, 6.45) is 0.742. The molecular formula is C19H18FN3O2. The van der Waals surface area contributed by atoms with Gasteiger partial charge in [-0.05, 0) is 43.2 Å². The molecule has 3 aromatic rings. The summed E-state index contributed by atoms with van der Waals surface area (Å²) in [6.45, 7) is 4.27. The summed E-state index contributed by atoms with van der Waals surface area (Å²) in [5.74, 6) is -1.12. The smallest absolute Gasteiger partial charge is 0.280 e. The van der Waals surface area contributed by atoms with Gasteiger partial charge in [-0.2, -0.15) is 5.10 Å². The van der Waals surface area contributed by atoms with E-state index in [1.54, 1.807) is 6.07 Å². The Hall–Kier alpha value is -3.02. The van der Waals surface area contributed by atoms with Crippen LogP contribution < -0.4 is 10.7 Å². The van der Waals surface area contributed by atoms with Gasteiger partial charge in [-0.15, -0.1) is 0 Å². The second-order valence-corrected chi connectivity index (χ2v) is 5.62. The number of halogens is 1. The van der Waals surface area contributed by atoms with Gasteiger partial charge in [0, 0.05) is 12.2 Å². The average Bonchev–Trinajstić information content (AvgIpc) is 2.62. The van der Waals surface area contributed by atoms with Crippen molar-refractivity contribution in [2.75, 3.05) is 5.32 Å². The monoisotopic (exact) mass is 339 g/mol. The highest BCUT2D eigenvalue weighted by Crippen LogP contribution is 2.17. The molecule has 2 aromatic carbocycles. The van der Waals surface area contributed by atoms with E-state index in [0.29, 0.717) is 17.7 Å². The molecular weight excluding hydrogens is 321 g/mol. The van der Waals surface area contributed by atoms with Crippen LogP contribution in [-0.4, -0.2) is 15.7 Å². The predicted molar refractivity (Wildman–Crippen MR) is 95.4 cm³/mol. The number of carbonyl (C=O) groups is 1. The number of carbonyl (C=O) groups excluding carboxylic acids is 1. The van der Waals surface area contributed by atoms with Crippen LogP contribution in [0.2, 0.25) is 0 Å². The van der Waals surface area contributed by atoms with Crippen molar-refractivity contribution in [1.29, 1.82) is 0 Å². The van der Waals surface area contributed by atoms with Gasteiger partial charge in [-0.1, -0.05) is 25.1 Å². The summed E-state index contributed by atoms with van der Waals surface area (Å²) in [5.41, 5.74) is 1.27. The van der Waals surface area contributed by atoms with Crippen LogP contribution in [-0.2, 0) is 13.0 Å². The Morgan fingerprint density at radius 3 is 2.68 bits per heavy atom. The van der Waals surface area contributed by atoms with Gasteiger partial charge < -0.3 is 5.32 Å². The minimum absolute atomic E-state index is 0.144. The van der Waals surface area contributed by atoms with Crippen molar-refractivity contribution in [3.05, 3.63) is 69.8 Å². The van der Waals surface area contributed by atoms with Gasteiger partial charge in [0.2, 0.25) is 5.43 Å². The van der Waals surface area contributed by atoms with E-state index in [2.05, 4.69) is 10.4 Å². The lowest BCUT2D eigenvalue weighted by atomic mass is 10.1. The minimum atomic E-state index is -0.598. The largest absolute Gasteiger partial charge is 0.320 e. The first kappa shape index (κ1) is 16.8. The van der Waals surface area contributed by atoms with Crippen LogP contribution >= 0.6 is 0 Å². The number of aryl methyl sites for hydroxylation is 2. The molecule has 0 bridgehead atoms. The lowest BCUT2D eigenvalue weighted by Crippen LogP contribution is -2.27. The molecule has 3 rings (SSSR count). The fourth-order valence-electron chi connectivity index (χ4n) is 2.78. The lowest BCUT2D eigenvalue weighted by molar-refractivity contribution is 0.101. The van der Waals surface area contributed by atoms with Crippen molar-refractivity contribution < 1.29 is 9.18 Å². The fourth-order valence-corrected chi connectivity index (χ4v) is 2.78. The number of para-hydroxylation sites is 1. The second kappa shape index (κ2) is 6.84. The molecule has 5 nitrogen and oxygen atoms in total. The highest BCUT2D eigenvalue weighted by molar-refractivity contribution is 6.04. The van der Waals surface area contributed by atoms with E-state index >= 15 is 0 Å². The minimum Gasteiger partial charge on any atom is -0.320 e. The molecule has 25 heavy (non-hydrogen) atoms. The van der Waals surface area contributed by atoms with Crippen LogP contribution in [0.15, 0.2) is 47.3 Å². The number of aromatic nitrogens is 2. The number of nitrogens with zero attached hydrogens (tertiary/aromatic N) is 2. The molecule has 6 heteroatoms. The van der Waals surface area contributed by atoms with Gasteiger partial charge in [0.25, 0.3) is 5.91 Å². The van der Waals surface area contributed by atoms with Gasteiger partial charge in [-0.3, -0.25) is 14.3 Å². The van der Waals surface area contributed by atoms with Gasteiger partial charge in [0.15, 0.2) is 5.69 Å². The third-order valence-corrected chi connectivity index (χ3v) is 4.08. The molecule has 0 saturated carbocycles. The molecule has 0 saturated heterocycles. The summed E-state index contributed by atoms with van der Waals surface area (Å²) in [7, 11) is 0. The van der Waals surface area contributed by atoms with E-state index in [1.165, 1.54) is 16.8 Å². The second-order valence-electron chi connectivity index (χ2n) is 5.62. The Morgan fingerprint density at radius 2 is 1.96 bits per heavy atom. The number of hydrogen-bond acceptors (Lipinski definition) is 3. The third-order valence-electron chi connectivity index (χ3n) is 4.08. The molecule has 1 aromatic heterocycles. The first-order valence-electron chi connectivity index (χ1n) is 8.14. The van der Waals surface area contributed by atoms with Crippen LogP contribution in [0.3, 0.4) is 0 Å². The standard InChI is InChI=1S/C19H18FN3O2/c1-3-12-7-5-6-8-15(12)21-19(25)17-18(24)14-11-13(20)9-10-16(14)23(4-2)22-17/h5-11H,3-4H2,1-2H3,(H,21,25). The van der Waals surface area contributed by atoms with Crippen LogP contribution in [0.5, 0.6) is 0 Å². The molecule has 0 atom stereocenters. The molecule has 128 valence electrons. The molecule has 0 spiro atoms. The van der Waals surface area contributed by atoms with Crippen molar-refractivity contribution >= 4 is 22.5 Å². The van der Waals surface area contributed by atoms with Crippen molar-refractivity contribution in [3.63, 3.8) is 0 Å². The lowest BCUT2D eigenvalue weighted by Gasteiger charge is -2.12. The number of benzene rings is 2. The van der Waals surface area contributed by atoms with Gasteiger partial charge in [-0.25, -0.2) is 4.39 Å². The van der Waals surface area contributed by atoms with E-state index in [-0.39, 0.29) is 11.1 Å². The summed E-state index contributed by atoms with van der Waals surface area (Å²) < 4.78 is 15.1. The van der Waals surface area contributed by atoms with Crippen LogP contribution in [0.25, 0.3) is 10.9 Å². The highest BCUT2D eigenvalue weighted by Gasteiger charge is 2.18. The van der Waals surface area contributed by atoms with E-state index in [9.17, 15) is 14.0 Å². The zero-order valence-electron chi connectivity index (χ0n) is 14.0. The van der Waals surface area contributed by atoms with Crippen LogP contribution in [0, 0.1) is 5.82 Å². The molecule has 0 aliphatic rings. The Morgan fingerprint density at radius 1 is 1.20 bits per heavy atom. The molecule has 1 N–H and O–H groups in total. The van der Waals surface area contributed by atoms with Crippen molar-refractivity contribution in [1.82, 2.24) is 9.78 Å². The van der Waals surface area contributed by atoms with Crippen LogP contribution in [0.4, 0.5) is 10.1 Å². The Labute approximate surface area is 144 Å². The Bertz CT molecular complexity index is 1010. The number of rotatable bonds is 4. The number of amides is 1. The molecule has 0 fully saturated rings. The first-order valence-corrected chi connectivity index (χ1v) is 8.14. The Balaban J connectivity index is 2.10. The maximum Gasteiger partial charge on any atom is 0.280 e. The fraction of sp³-hybridized carbons (Fsp3) is 0.211. The third kappa shape index (κ3) is 3.15. The number of fused-ring (bicyclic) bond motifs is 1.